The van der Waals surface area contributed by atoms with E-state index in [-0.39, 0.29) is 18.4 Å². The molecule has 0 radical (unpaired) electrons. The van der Waals surface area contributed by atoms with Crippen LogP contribution in [0.5, 0.6) is 0 Å². The zero-order valence-electron chi connectivity index (χ0n) is 14.6. The molecule has 0 spiro atoms. The van der Waals surface area contributed by atoms with E-state index in [1.807, 2.05) is 0 Å². The maximum atomic E-state index is 12.4. The maximum Gasteiger partial charge on any atom is 0.340 e. The van der Waals surface area contributed by atoms with Crippen molar-refractivity contribution in [2.75, 3.05) is 31.1 Å². The van der Waals surface area contributed by atoms with Crippen LogP contribution in [0.25, 0.3) is 0 Å². The van der Waals surface area contributed by atoms with Crippen molar-refractivity contribution in [2.45, 2.75) is 32.6 Å². The number of esters is 1. The summed E-state index contributed by atoms with van der Waals surface area (Å²) in [5.41, 5.74) is 0.895. The highest BCUT2D eigenvalue weighted by molar-refractivity contribution is 6.03. The minimum Gasteiger partial charge on any atom is -0.452 e. The van der Waals surface area contributed by atoms with Crippen molar-refractivity contribution in [3.05, 3.63) is 29.8 Å². The van der Waals surface area contributed by atoms with Crippen molar-refractivity contribution in [3.63, 3.8) is 0 Å². The van der Waals surface area contributed by atoms with E-state index >= 15 is 0 Å². The van der Waals surface area contributed by atoms with Gasteiger partial charge in [0.1, 0.15) is 0 Å². The average molecular weight is 344 g/mol. The minimum atomic E-state index is -0.561. The van der Waals surface area contributed by atoms with Gasteiger partial charge in [0.2, 0.25) is 5.91 Å². The van der Waals surface area contributed by atoms with Crippen molar-refractivity contribution in [1.29, 1.82) is 0 Å². The number of para-hydroxylation sites is 1. The summed E-state index contributed by atoms with van der Waals surface area (Å²) in [7, 11) is 0. The molecule has 6 nitrogen and oxygen atoms in total. The molecule has 0 saturated carbocycles. The van der Waals surface area contributed by atoms with Crippen LogP contribution >= 0.6 is 0 Å². The first kappa shape index (κ1) is 17.5. The topological polar surface area (TPSA) is 66.9 Å². The summed E-state index contributed by atoms with van der Waals surface area (Å²) in [6.45, 7) is 3.91. The molecule has 0 N–H and O–H groups in total. The summed E-state index contributed by atoms with van der Waals surface area (Å²) in [5, 5.41) is 0. The van der Waals surface area contributed by atoms with Crippen molar-refractivity contribution >= 4 is 23.5 Å². The van der Waals surface area contributed by atoms with Crippen LogP contribution in [0.3, 0.4) is 0 Å². The molecular weight excluding hydrogens is 320 g/mol. The Bertz CT molecular complexity index is 673. The largest absolute Gasteiger partial charge is 0.452 e. The lowest BCUT2D eigenvalue weighted by atomic mass is 10.0. The van der Waals surface area contributed by atoms with Gasteiger partial charge in [-0.1, -0.05) is 19.1 Å². The van der Waals surface area contributed by atoms with Gasteiger partial charge in [-0.25, -0.2) is 4.79 Å². The van der Waals surface area contributed by atoms with E-state index in [1.54, 1.807) is 34.1 Å². The first-order valence-electron chi connectivity index (χ1n) is 8.90. The average Bonchev–Trinajstić information content (AvgIpc) is 3.05. The fourth-order valence-electron chi connectivity index (χ4n) is 3.50. The standard InChI is InChI=1S/C19H24N2O4/c1-14-6-4-10-20(12-14)18(23)13-25-19(24)15-7-2-3-8-16(15)21-11-5-9-17(21)22/h2-3,7-8,14H,4-6,9-13H2,1H3/t14-/m0/s1. The van der Waals surface area contributed by atoms with Gasteiger partial charge in [-0.15, -0.1) is 0 Å². The molecule has 0 bridgehead atoms. The molecule has 0 unspecified atom stereocenters. The van der Waals surface area contributed by atoms with Gasteiger partial charge in [-0.3, -0.25) is 9.59 Å². The molecule has 2 saturated heterocycles. The van der Waals surface area contributed by atoms with E-state index < -0.39 is 5.97 Å². The van der Waals surface area contributed by atoms with Crippen LogP contribution in [0, 0.1) is 5.92 Å². The maximum absolute atomic E-state index is 12.4. The third kappa shape index (κ3) is 4.00. The number of likely N-dealkylation sites (tertiary alicyclic amines) is 1. The van der Waals surface area contributed by atoms with Crippen LogP contribution < -0.4 is 4.90 Å². The first-order valence-corrected chi connectivity index (χ1v) is 8.90. The lowest BCUT2D eigenvalue weighted by molar-refractivity contribution is -0.136. The predicted molar refractivity (Wildman–Crippen MR) is 93.3 cm³/mol. The number of anilines is 1. The highest BCUT2D eigenvalue weighted by Gasteiger charge is 2.27. The quantitative estimate of drug-likeness (QED) is 0.786. The lowest BCUT2D eigenvalue weighted by Gasteiger charge is -2.30. The number of benzene rings is 1. The Hall–Kier alpha value is -2.37. The second kappa shape index (κ2) is 7.68. The van der Waals surface area contributed by atoms with Crippen molar-refractivity contribution < 1.29 is 19.1 Å². The van der Waals surface area contributed by atoms with Gasteiger partial charge >= 0.3 is 5.97 Å². The van der Waals surface area contributed by atoms with E-state index in [0.717, 1.165) is 32.4 Å². The second-order valence-electron chi connectivity index (χ2n) is 6.83. The van der Waals surface area contributed by atoms with Gasteiger partial charge in [0.25, 0.3) is 5.91 Å². The van der Waals surface area contributed by atoms with Gasteiger partial charge in [0.15, 0.2) is 6.61 Å². The SMILES string of the molecule is C[C@H]1CCCN(C(=O)COC(=O)c2ccccc2N2CCCC2=O)C1. The third-order valence-electron chi connectivity index (χ3n) is 4.82. The number of carbonyl (C=O) groups excluding carboxylic acids is 3. The normalized spacial score (nSPS) is 20.7. The summed E-state index contributed by atoms with van der Waals surface area (Å²) in [4.78, 5) is 40.0. The fourth-order valence-corrected chi connectivity index (χ4v) is 3.50. The zero-order chi connectivity index (χ0) is 17.8. The molecule has 1 aromatic carbocycles. The van der Waals surface area contributed by atoms with E-state index in [0.29, 0.717) is 30.1 Å². The number of amides is 2. The Kier molecular flexibility index (Phi) is 5.36. The molecular formula is C19H24N2O4. The number of hydrogen-bond acceptors (Lipinski definition) is 4. The van der Waals surface area contributed by atoms with Crippen LogP contribution in [-0.2, 0) is 14.3 Å². The summed E-state index contributed by atoms with van der Waals surface area (Å²) in [6.07, 6.45) is 3.39. The summed E-state index contributed by atoms with van der Waals surface area (Å²) < 4.78 is 5.25. The summed E-state index contributed by atoms with van der Waals surface area (Å²) >= 11 is 0. The highest BCUT2D eigenvalue weighted by Crippen LogP contribution is 2.26. The van der Waals surface area contributed by atoms with Crippen molar-refractivity contribution in [2.24, 2.45) is 5.92 Å². The van der Waals surface area contributed by atoms with E-state index in [4.69, 9.17) is 4.74 Å². The summed E-state index contributed by atoms with van der Waals surface area (Å²) in [6, 6.07) is 6.90. The fraction of sp³-hybridized carbons (Fsp3) is 0.526. The molecule has 1 aromatic rings. The first-order chi connectivity index (χ1) is 12.1. The van der Waals surface area contributed by atoms with Gasteiger partial charge in [-0.05, 0) is 37.3 Å². The number of ether oxygens (including phenoxy) is 1. The molecule has 6 heteroatoms. The second-order valence-corrected chi connectivity index (χ2v) is 6.83. The smallest absolute Gasteiger partial charge is 0.340 e. The zero-order valence-corrected chi connectivity index (χ0v) is 14.6. The van der Waals surface area contributed by atoms with Gasteiger partial charge in [0.05, 0.1) is 11.3 Å². The molecule has 0 aliphatic carbocycles. The van der Waals surface area contributed by atoms with Crippen LogP contribution in [0.15, 0.2) is 24.3 Å². The molecule has 2 heterocycles. The molecule has 2 aliphatic rings. The lowest BCUT2D eigenvalue weighted by Crippen LogP contribution is -2.41. The number of hydrogen-bond donors (Lipinski definition) is 0. The summed E-state index contributed by atoms with van der Waals surface area (Å²) in [5.74, 6) is -0.225. The molecule has 2 fully saturated rings. The predicted octanol–water partition coefficient (Wildman–Crippen LogP) is 2.23. The Morgan fingerprint density at radius 3 is 2.72 bits per heavy atom. The molecule has 134 valence electrons. The van der Waals surface area contributed by atoms with Crippen LogP contribution in [0.1, 0.15) is 43.0 Å². The number of nitrogens with zero attached hydrogens (tertiary/aromatic N) is 2. The number of rotatable bonds is 4. The molecule has 2 aliphatic heterocycles. The van der Waals surface area contributed by atoms with Gasteiger partial charge in [0, 0.05) is 26.1 Å². The highest BCUT2D eigenvalue weighted by atomic mass is 16.5. The van der Waals surface area contributed by atoms with Gasteiger partial charge < -0.3 is 14.5 Å². The molecule has 2 amide bonds. The Morgan fingerprint density at radius 1 is 1.20 bits per heavy atom. The molecule has 1 atom stereocenters. The molecule has 3 rings (SSSR count). The minimum absolute atomic E-state index is 0.0126. The Morgan fingerprint density at radius 2 is 2.00 bits per heavy atom. The monoisotopic (exact) mass is 344 g/mol. The van der Waals surface area contributed by atoms with Gasteiger partial charge in [-0.2, -0.15) is 0 Å². The van der Waals surface area contributed by atoms with Crippen LogP contribution in [-0.4, -0.2) is 48.9 Å². The number of carbonyl (C=O) groups is 3. The van der Waals surface area contributed by atoms with Crippen molar-refractivity contribution in [3.8, 4) is 0 Å². The van der Waals surface area contributed by atoms with E-state index in [2.05, 4.69) is 6.92 Å². The van der Waals surface area contributed by atoms with Crippen LogP contribution in [0.4, 0.5) is 5.69 Å². The van der Waals surface area contributed by atoms with E-state index in [1.165, 1.54) is 0 Å². The van der Waals surface area contributed by atoms with E-state index in [9.17, 15) is 14.4 Å². The third-order valence-corrected chi connectivity index (χ3v) is 4.82. The number of piperidine rings is 1. The van der Waals surface area contributed by atoms with Crippen molar-refractivity contribution in [1.82, 2.24) is 4.90 Å². The molecule has 25 heavy (non-hydrogen) atoms. The Labute approximate surface area is 147 Å². The van der Waals surface area contributed by atoms with Crippen LogP contribution in [0.2, 0.25) is 0 Å². The molecule has 0 aromatic heterocycles. The Balaban J connectivity index is 1.64.